The number of hydrogen-bond donors (Lipinski definition) is 2. The Bertz CT molecular complexity index is 1130. The number of rotatable bonds is 6. The van der Waals surface area contributed by atoms with E-state index in [0.29, 0.717) is 0 Å². The predicted octanol–water partition coefficient (Wildman–Crippen LogP) is 1.35. The summed E-state index contributed by atoms with van der Waals surface area (Å²) in [6, 6.07) is 7.30. The number of carboxylic acids is 1. The van der Waals surface area contributed by atoms with Gasteiger partial charge >= 0.3 is 5.97 Å². The zero-order chi connectivity index (χ0) is 21.2. The highest BCUT2D eigenvalue weighted by Gasteiger charge is 2.29. The van der Waals surface area contributed by atoms with Crippen molar-refractivity contribution in [2.24, 2.45) is 0 Å². The number of hydrogen-bond acceptors (Lipinski definition) is 6. The number of halogens is 1. The Morgan fingerprint density at radius 1 is 1.03 bits per heavy atom. The fraction of sp³-hybridized carbons (Fsp3) is 0.235. The summed E-state index contributed by atoms with van der Waals surface area (Å²) >= 11 is 0. The molecule has 2 aromatic rings. The van der Waals surface area contributed by atoms with Crippen molar-refractivity contribution < 1.29 is 35.9 Å². The van der Waals surface area contributed by atoms with Crippen LogP contribution in [0.3, 0.4) is 0 Å². The van der Waals surface area contributed by atoms with E-state index in [9.17, 15) is 26.0 Å². The molecule has 1 aliphatic rings. The fourth-order valence-electron chi connectivity index (χ4n) is 2.68. The van der Waals surface area contributed by atoms with E-state index in [0.717, 1.165) is 46.8 Å². The zero-order valence-electron chi connectivity index (χ0n) is 14.9. The van der Waals surface area contributed by atoms with Gasteiger partial charge in [0.2, 0.25) is 10.0 Å². The van der Waals surface area contributed by atoms with Gasteiger partial charge < -0.3 is 9.84 Å². The van der Waals surface area contributed by atoms with E-state index in [1.54, 1.807) is 0 Å². The molecule has 0 bridgehead atoms. The smallest absolute Gasteiger partial charge is 0.335 e. The third-order valence-corrected chi connectivity index (χ3v) is 7.49. The molecule has 0 radical (unpaired) electrons. The first-order chi connectivity index (χ1) is 13.6. The van der Waals surface area contributed by atoms with Gasteiger partial charge in [0, 0.05) is 13.1 Å². The fourth-order valence-corrected chi connectivity index (χ4v) is 5.23. The van der Waals surface area contributed by atoms with Gasteiger partial charge in [-0.15, -0.1) is 0 Å². The van der Waals surface area contributed by atoms with Crippen LogP contribution in [0.5, 0.6) is 0 Å². The number of nitrogens with one attached hydrogen (secondary N) is 1. The Kier molecular flexibility index (Phi) is 5.89. The molecule has 1 heterocycles. The molecule has 0 spiro atoms. The van der Waals surface area contributed by atoms with Crippen LogP contribution in [0.1, 0.15) is 10.4 Å². The molecule has 9 nitrogen and oxygen atoms in total. The third-order valence-electron chi connectivity index (χ3n) is 4.18. The standard InChI is InChI=1S/C17H17FN2O7S2/c18-15-6-3-13(11-16(15)29(25,26)20-7-9-27-10-8-20)19-28(23,24)14-4-1-12(2-5-14)17(21)22/h1-6,11,19H,7-10H2,(H,21,22). The van der Waals surface area contributed by atoms with Gasteiger partial charge in [-0.25, -0.2) is 26.0 Å². The van der Waals surface area contributed by atoms with Crippen LogP contribution in [0.15, 0.2) is 52.3 Å². The minimum atomic E-state index is -4.17. The Hall–Kier alpha value is -2.54. The van der Waals surface area contributed by atoms with E-state index < -0.39 is 36.7 Å². The van der Waals surface area contributed by atoms with Gasteiger partial charge in [-0.2, -0.15) is 4.31 Å². The summed E-state index contributed by atoms with van der Waals surface area (Å²) in [7, 11) is -8.32. The van der Waals surface area contributed by atoms with Crippen LogP contribution in [0.4, 0.5) is 10.1 Å². The molecule has 0 aromatic heterocycles. The second-order valence-electron chi connectivity index (χ2n) is 6.10. The number of benzene rings is 2. The molecule has 1 saturated heterocycles. The topological polar surface area (TPSA) is 130 Å². The van der Waals surface area contributed by atoms with E-state index in [2.05, 4.69) is 4.72 Å². The average molecular weight is 444 g/mol. The molecule has 1 aliphatic heterocycles. The predicted molar refractivity (Wildman–Crippen MR) is 100 cm³/mol. The molecule has 3 rings (SSSR count). The molecule has 0 atom stereocenters. The van der Waals surface area contributed by atoms with Gasteiger partial charge in [0.25, 0.3) is 10.0 Å². The quantitative estimate of drug-likeness (QED) is 0.688. The second kappa shape index (κ2) is 8.06. The number of nitrogens with zero attached hydrogens (tertiary/aromatic N) is 1. The lowest BCUT2D eigenvalue weighted by Gasteiger charge is -2.26. The molecule has 156 valence electrons. The lowest BCUT2D eigenvalue weighted by molar-refractivity contribution is 0.0696. The molecule has 0 saturated carbocycles. The lowest BCUT2D eigenvalue weighted by atomic mass is 10.2. The Morgan fingerprint density at radius 3 is 2.24 bits per heavy atom. The molecule has 29 heavy (non-hydrogen) atoms. The van der Waals surface area contributed by atoms with E-state index in [1.165, 1.54) is 0 Å². The first-order valence-electron chi connectivity index (χ1n) is 8.35. The van der Waals surface area contributed by atoms with Crippen LogP contribution in [-0.2, 0) is 24.8 Å². The van der Waals surface area contributed by atoms with E-state index in [-0.39, 0.29) is 42.4 Å². The number of sulfonamides is 2. The van der Waals surface area contributed by atoms with Crippen LogP contribution in [0.2, 0.25) is 0 Å². The van der Waals surface area contributed by atoms with Crippen molar-refractivity contribution in [2.45, 2.75) is 9.79 Å². The lowest BCUT2D eigenvalue weighted by Crippen LogP contribution is -2.40. The molecule has 0 amide bonds. The highest BCUT2D eigenvalue weighted by Crippen LogP contribution is 2.25. The minimum absolute atomic E-state index is 0.0631. The van der Waals surface area contributed by atoms with E-state index in [4.69, 9.17) is 9.84 Å². The van der Waals surface area contributed by atoms with Crippen molar-refractivity contribution >= 4 is 31.7 Å². The summed E-state index contributed by atoms with van der Waals surface area (Å²) in [5.74, 6) is -2.22. The molecular formula is C17H17FN2O7S2. The van der Waals surface area contributed by atoms with Crippen LogP contribution in [0.25, 0.3) is 0 Å². The normalized spacial score (nSPS) is 15.8. The Morgan fingerprint density at radius 2 is 1.66 bits per heavy atom. The van der Waals surface area contributed by atoms with Crippen molar-refractivity contribution in [2.75, 3.05) is 31.0 Å². The van der Waals surface area contributed by atoms with Crippen molar-refractivity contribution in [1.82, 2.24) is 4.31 Å². The summed E-state index contributed by atoms with van der Waals surface area (Å²) in [5.41, 5.74) is -0.245. The maximum Gasteiger partial charge on any atom is 0.335 e. The van der Waals surface area contributed by atoms with Gasteiger partial charge in [0.05, 0.1) is 29.4 Å². The first-order valence-corrected chi connectivity index (χ1v) is 11.3. The summed E-state index contributed by atoms with van der Waals surface area (Å²) in [4.78, 5) is 9.99. The molecule has 0 unspecified atom stereocenters. The molecule has 2 N–H and O–H groups in total. The largest absolute Gasteiger partial charge is 0.478 e. The van der Waals surface area contributed by atoms with Crippen LogP contribution >= 0.6 is 0 Å². The van der Waals surface area contributed by atoms with Crippen molar-refractivity contribution in [1.29, 1.82) is 0 Å². The van der Waals surface area contributed by atoms with Gasteiger partial charge in [-0.3, -0.25) is 4.72 Å². The van der Waals surface area contributed by atoms with Gasteiger partial charge in [-0.1, -0.05) is 0 Å². The van der Waals surface area contributed by atoms with Crippen LogP contribution < -0.4 is 4.72 Å². The van der Waals surface area contributed by atoms with Crippen molar-refractivity contribution in [3.63, 3.8) is 0 Å². The zero-order valence-corrected chi connectivity index (χ0v) is 16.5. The second-order valence-corrected chi connectivity index (χ2v) is 9.69. The highest BCUT2D eigenvalue weighted by atomic mass is 32.2. The Balaban J connectivity index is 1.90. The monoisotopic (exact) mass is 444 g/mol. The molecule has 0 aliphatic carbocycles. The number of carboxylic acid groups (broad SMARTS) is 1. The van der Waals surface area contributed by atoms with E-state index >= 15 is 0 Å². The summed E-state index contributed by atoms with van der Waals surface area (Å²) in [5, 5.41) is 8.88. The van der Waals surface area contributed by atoms with Gasteiger partial charge in [-0.05, 0) is 42.5 Å². The average Bonchev–Trinajstić information content (AvgIpc) is 2.70. The number of anilines is 1. The first kappa shape index (κ1) is 21.2. The van der Waals surface area contributed by atoms with E-state index in [1.807, 2.05) is 0 Å². The highest BCUT2D eigenvalue weighted by molar-refractivity contribution is 7.92. The maximum atomic E-state index is 14.2. The SMILES string of the molecule is O=C(O)c1ccc(S(=O)(=O)Nc2ccc(F)c(S(=O)(=O)N3CCOCC3)c2)cc1. The molecular weight excluding hydrogens is 427 g/mol. The summed E-state index contributed by atoms with van der Waals surface area (Å²) in [6.07, 6.45) is 0. The van der Waals surface area contributed by atoms with Crippen LogP contribution in [0, 0.1) is 5.82 Å². The molecule has 12 heteroatoms. The van der Waals surface area contributed by atoms with Crippen molar-refractivity contribution in [3.05, 3.63) is 53.8 Å². The number of carbonyl (C=O) groups is 1. The van der Waals surface area contributed by atoms with Gasteiger partial charge in [0.15, 0.2) is 0 Å². The third kappa shape index (κ3) is 4.56. The van der Waals surface area contributed by atoms with Crippen molar-refractivity contribution in [3.8, 4) is 0 Å². The Labute approximate surface area is 166 Å². The summed E-state index contributed by atoms with van der Waals surface area (Å²) in [6.45, 7) is 0.486. The number of aromatic carboxylic acids is 1. The molecule has 1 fully saturated rings. The molecule has 2 aromatic carbocycles. The summed E-state index contributed by atoms with van der Waals surface area (Å²) < 4.78 is 73.0. The van der Waals surface area contributed by atoms with Gasteiger partial charge in [0.1, 0.15) is 10.7 Å². The maximum absolute atomic E-state index is 14.2. The minimum Gasteiger partial charge on any atom is -0.478 e. The number of morpholine rings is 1. The van der Waals surface area contributed by atoms with Crippen LogP contribution in [-0.4, -0.2) is 58.5 Å². The number of ether oxygens (including phenoxy) is 1.